The highest BCUT2D eigenvalue weighted by molar-refractivity contribution is 7.89. The van der Waals surface area contributed by atoms with Gasteiger partial charge in [0, 0.05) is 38.3 Å². The van der Waals surface area contributed by atoms with Crippen molar-refractivity contribution in [2.24, 2.45) is 0 Å². The Bertz CT molecular complexity index is 1350. The van der Waals surface area contributed by atoms with Gasteiger partial charge in [-0.3, -0.25) is 4.79 Å². The SMILES string of the molecule is CCOCCOc1c(N2CCN(S(=O)(=O)C(F)(F)c3ccccc3)CC2)cnn(-c2ccccc2)c1=O. The summed E-state index contributed by atoms with van der Waals surface area (Å²) in [6, 6.07) is 15.3. The second-order valence-electron chi connectivity index (χ2n) is 8.23. The standard InChI is InChI=1S/C25H28F2N4O5S/c1-2-35-17-18-36-23-22(19-28-31(24(23)32)21-11-7-4-8-12-21)29-13-15-30(16-14-29)37(33,34)25(26,27)20-9-5-3-6-10-20/h3-12,19H,2,13-18H2,1H3. The Morgan fingerprint density at radius 1 is 0.946 bits per heavy atom. The van der Waals surface area contributed by atoms with Crippen LogP contribution >= 0.6 is 0 Å². The molecule has 37 heavy (non-hydrogen) atoms. The molecule has 9 nitrogen and oxygen atoms in total. The molecule has 1 fully saturated rings. The Kier molecular flexibility index (Phi) is 8.20. The van der Waals surface area contributed by atoms with Crippen LogP contribution in [-0.4, -0.2) is 68.5 Å². The first kappa shape index (κ1) is 26.7. The second-order valence-corrected chi connectivity index (χ2v) is 10.2. The average Bonchev–Trinajstić information content (AvgIpc) is 2.92. The van der Waals surface area contributed by atoms with E-state index in [1.54, 1.807) is 35.2 Å². The molecule has 1 saturated heterocycles. The highest BCUT2D eigenvalue weighted by Crippen LogP contribution is 2.37. The number of benzene rings is 2. The number of piperazine rings is 1. The van der Waals surface area contributed by atoms with Crippen LogP contribution in [0.5, 0.6) is 5.75 Å². The van der Waals surface area contributed by atoms with E-state index < -0.39 is 26.4 Å². The van der Waals surface area contributed by atoms with Gasteiger partial charge in [-0.1, -0.05) is 48.5 Å². The third-order valence-corrected chi connectivity index (χ3v) is 7.88. The molecule has 0 bridgehead atoms. The number of ether oxygens (including phenoxy) is 2. The number of para-hydroxylation sites is 1. The molecule has 0 N–H and O–H groups in total. The minimum Gasteiger partial charge on any atom is -0.484 e. The smallest absolute Gasteiger partial charge is 0.384 e. The maximum Gasteiger partial charge on any atom is 0.384 e. The fourth-order valence-electron chi connectivity index (χ4n) is 4.00. The summed E-state index contributed by atoms with van der Waals surface area (Å²) in [6.07, 6.45) is 1.47. The molecule has 0 amide bonds. The van der Waals surface area contributed by atoms with E-state index in [9.17, 15) is 22.0 Å². The number of nitrogens with zero attached hydrogens (tertiary/aromatic N) is 4. The van der Waals surface area contributed by atoms with Crippen molar-refractivity contribution >= 4 is 15.7 Å². The van der Waals surface area contributed by atoms with Gasteiger partial charge in [0.15, 0.2) is 0 Å². The fourth-order valence-corrected chi connectivity index (χ4v) is 5.41. The topological polar surface area (TPSA) is 94.0 Å². The Hall–Kier alpha value is -3.35. The van der Waals surface area contributed by atoms with Crippen molar-refractivity contribution in [3.63, 3.8) is 0 Å². The van der Waals surface area contributed by atoms with E-state index in [1.807, 2.05) is 13.0 Å². The third kappa shape index (κ3) is 5.50. The van der Waals surface area contributed by atoms with E-state index in [-0.39, 0.29) is 45.1 Å². The summed E-state index contributed by atoms with van der Waals surface area (Å²) in [5.41, 5.74) is -0.171. The van der Waals surface area contributed by atoms with Crippen molar-refractivity contribution in [2.75, 3.05) is 50.9 Å². The van der Waals surface area contributed by atoms with Crippen LogP contribution in [0.25, 0.3) is 5.69 Å². The Morgan fingerprint density at radius 3 is 2.19 bits per heavy atom. The molecule has 198 valence electrons. The molecule has 2 aromatic carbocycles. The first-order valence-corrected chi connectivity index (χ1v) is 13.3. The number of hydrogen-bond donors (Lipinski definition) is 0. The molecular weight excluding hydrogens is 506 g/mol. The summed E-state index contributed by atoms with van der Waals surface area (Å²) in [5, 5.41) is 0.207. The van der Waals surface area contributed by atoms with Crippen LogP contribution in [-0.2, 0) is 20.0 Å². The van der Waals surface area contributed by atoms with Crippen molar-refractivity contribution in [3.8, 4) is 11.4 Å². The van der Waals surface area contributed by atoms with Crippen molar-refractivity contribution < 1.29 is 26.7 Å². The van der Waals surface area contributed by atoms with Crippen LogP contribution in [0.2, 0.25) is 0 Å². The van der Waals surface area contributed by atoms with Crippen molar-refractivity contribution in [2.45, 2.75) is 12.2 Å². The maximum absolute atomic E-state index is 14.9. The number of anilines is 1. The monoisotopic (exact) mass is 534 g/mol. The van der Waals surface area contributed by atoms with Gasteiger partial charge in [0.25, 0.3) is 10.0 Å². The van der Waals surface area contributed by atoms with Crippen LogP contribution < -0.4 is 15.2 Å². The van der Waals surface area contributed by atoms with Crippen LogP contribution in [0, 0.1) is 0 Å². The van der Waals surface area contributed by atoms with E-state index in [4.69, 9.17) is 9.47 Å². The Morgan fingerprint density at radius 2 is 1.57 bits per heavy atom. The minimum absolute atomic E-state index is 0.0319. The molecule has 3 aromatic rings. The lowest BCUT2D eigenvalue weighted by molar-refractivity contribution is 0.0810. The lowest BCUT2D eigenvalue weighted by atomic mass is 10.2. The van der Waals surface area contributed by atoms with Gasteiger partial charge >= 0.3 is 10.8 Å². The van der Waals surface area contributed by atoms with Gasteiger partial charge in [-0.15, -0.1) is 0 Å². The normalized spacial score (nSPS) is 15.1. The van der Waals surface area contributed by atoms with Crippen LogP contribution in [0.3, 0.4) is 0 Å². The molecule has 0 aliphatic carbocycles. The predicted molar refractivity (Wildman–Crippen MR) is 135 cm³/mol. The van der Waals surface area contributed by atoms with Crippen LogP contribution in [0.15, 0.2) is 71.7 Å². The number of alkyl halides is 2. The predicted octanol–water partition coefficient (Wildman–Crippen LogP) is 2.85. The van der Waals surface area contributed by atoms with E-state index in [2.05, 4.69) is 5.10 Å². The summed E-state index contributed by atoms with van der Waals surface area (Å²) in [6.45, 7) is 2.48. The number of rotatable bonds is 10. The van der Waals surface area contributed by atoms with Gasteiger partial charge < -0.3 is 14.4 Å². The zero-order valence-corrected chi connectivity index (χ0v) is 21.1. The highest BCUT2D eigenvalue weighted by Gasteiger charge is 2.50. The van der Waals surface area contributed by atoms with Crippen LogP contribution in [0.4, 0.5) is 14.5 Å². The third-order valence-electron chi connectivity index (χ3n) is 5.95. The van der Waals surface area contributed by atoms with Gasteiger partial charge in [0.2, 0.25) is 5.75 Å². The summed E-state index contributed by atoms with van der Waals surface area (Å²) in [5.74, 6) is 0.0319. The number of hydrogen-bond acceptors (Lipinski definition) is 7. The van der Waals surface area contributed by atoms with Gasteiger partial charge in [-0.2, -0.15) is 22.9 Å². The van der Waals surface area contributed by atoms with Crippen molar-refractivity contribution in [3.05, 3.63) is 82.8 Å². The molecule has 1 aromatic heterocycles. The zero-order chi connectivity index (χ0) is 26.5. The van der Waals surface area contributed by atoms with Gasteiger partial charge in [0.05, 0.1) is 18.5 Å². The summed E-state index contributed by atoms with van der Waals surface area (Å²) >= 11 is 0. The fraction of sp³-hybridized carbons (Fsp3) is 0.360. The molecule has 12 heteroatoms. The van der Waals surface area contributed by atoms with E-state index in [1.165, 1.54) is 23.0 Å². The van der Waals surface area contributed by atoms with E-state index in [0.717, 1.165) is 16.4 Å². The minimum atomic E-state index is -4.96. The van der Waals surface area contributed by atoms with E-state index >= 15 is 0 Å². The molecule has 0 radical (unpaired) electrons. The zero-order valence-electron chi connectivity index (χ0n) is 20.3. The Balaban J connectivity index is 1.57. The number of sulfonamides is 1. The summed E-state index contributed by atoms with van der Waals surface area (Å²) in [7, 11) is -4.96. The highest BCUT2D eigenvalue weighted by atomic mass is 32.2. The molecule has 4 rings (SSSR count). The van der Waals surface area contributed by atoms with Gasteiger partial charge in [-0.05, 0) is 19.1 Å². The van der Waals surface area contributed by atoms with Crippen molar-refractivity contribution in [1.82, 2.24) is 14.1 Å². The number of halogens is 2. The van der Waals surface area contributed by atoms with Crippen molar-refractivity contribution in [1.29, 1.82) is 0 Å². The summed E-state index contributed by atoms with van der Waals surface area (Å²) in [4.78, 5) is 15.0. The lowest BCUT2D eigenvalue weighted by Gasteiger charge is -2.37. The lowest BCUT2D eigenvalue weighted by Crippen LogP contribution is -2.52. The van der Waals surface area contributed by atoms with Gasteiger partial charge in [0.1, 0.15) is 12.3 Å². The molecule has 0 saturated carbocycles. The van der Waals surface area contributed by atoms with Gasteiger partial charge in [-0.25, -0.2) is 8.42 Å². The molecule has 0 atom stereocenters. The molecule has 2 heterocycles. The molecule has 1 aliphatic heterocycles. The Labute approximate surface area is 213 Å². The van der Waals surface area contributed by atoms with E-state index in [0.29, 0.717) is 18.0 Å². The molecular formula is C25H28F2N4O5S. The molecule has 1 aliphatic rings. The number of aromatic nitrogens is 2. The molecule has 0 unspecified atom stereocenters. The maximum atomic E-state index is 14.9. The average molecular weight is 535 g/mol. The summed E-state index contributed by atoms with van der Waals surface area (Å²) < 4.78 is 68.6. The first-order valence-electron chi connectivity index (χ1n) is 11.8. The first-order chi connectivity index (χ1) is 17.8. The van der Waals surface area contributed by atoms with Crippen LogP contribution in [0.1, 0.15) is 12.5 Å². The quantitative estimate of drug-likeness (QED) is 0.369. The second kappa shape index (κ2) is 11.4. The molecule has 0 spiro atoms. The largest absolute Gasteiger partial charge is 0.484 e.